The zero-order valence-corrected chi connectivity index (χ0v) is 17.8. The van der Waals surface area contributed by atoms with E-state index in [4.69, 9.17) is 9.47 Å². The molecule has 0 radical (unpaired) electrons. The first-order valence-corrected chi connectivity index (χ1v) is 9.89. The van der Waals surface area contributed by atoms with Crippen molar-refractivity contribution in [3.05, 3.63) is 10.1 Å². The number of carboxylic acids is 1. The van der Waals surface area contributed by atoms with Crippen molar-refractivity contribution in [2.45, 2.75) is 77.7 Å². The van der Waals surface area contributed by atoms with E-state index in [1.54, 1.807) is 0 Å². The number of aliphatic carboxylic acids is 1. The Bertz CT molecular complexity index is 677. The maximum atomic E-state index is 12.3. The molecule has 13 nitrogen and oxygen atoms in total. The molecule has 0 aliphatic heterocycles. The number of carbonyl (C=O) groups excluding carboxylic acids is 3. The molecule has 0 aromatic rings. The van der Waals surface area contributed by atoms with Gasteiger partial charge < -0.3 is 30.1 Å². The van der Waals surface area contributed by atoms with Gasteiger partial charge in [-0.15, -0.1) is 10.1 Å². The van der Waals surface area contributed by atoms with E-state index < -0.39 is 52.9 Å². The maximum Gasteiger partial charge on any atom is 0.410 e. The minimum Gasteiger partial charge on any atom is -0.481 e. The first kappa shape index (κ1) is 25.9. The van der Waals surface area contributed by atoms with Crippen LogP contribution >= 0.6 is 0 Å². The molecule has 1 saturated carbocycles. The van der Waals surface area contributed by atoms with Crippen LogP contribution in [0.3, 0.4) is 0 Å². The van der Waals surface area contributed by atoms with Crippen LogP contribution < -0.4 is 10.6 Å². The van der Waals surface area contributed by atoms with Gasteiger partial charge in [0, 0.05) is 20.4 Å². The molecule has 1 fully saturated rings. The summed E-state index contributed by atoms with van der Waals surface area (Å²) in [6.07, 6.45) is 0.342. The number of ether oxygens (including phenoxy) is 2. The average Bonchev–Trinajstić information content (AvgIpc) is 2.63. The summed E-state index contributed by atoms with van der Waals surface area (Å²) in [5.41, 5.74) is -0.561. The van der Waals surface area contributed by atoms with Gasteiger partial charge in [-0.3, -0.25) is 9.59 Å². The largest absolute Gasteiger partial charge is 0.481 e. The molecule has 1 aliphatic rings. The molecule has 1 aliphatic carbocycles. The molecule has 0 aromatic carbocycles. The van der Waals surface area contributed by atoms with Crippen molar-refractivity contribution in [2.75, 3.05) is 6.54 Å². The Morgan fingerprint density at radius 2 is 1.74 bits per heavy atom. The first-order valence-electron chi connectivity index (χ1n) is 9.89. The zero-order valence-electron chi connectivity index (χ0n) is 17.8. The zero-order chi connectivity index (χ0) is 23.6. The summed E-state index contributed by atoms with van der Waals surface area (Å²) >= 11 is 0. The van der Waals surface area contributed by atoms with Gasteiger partial charge in [0.1, 0.15) is 6.10 Å². The molecular weight excluding hydrogens is 418 g/mol. The second-order valence-corrected chi connectivity index (χ2v) is 7.61. The number of nitrogens with one attached hydrogen (secondary N) is 2. The van der Waals surface area contributed by atoms with Crippen LogP contribution in [0.1, 0.15) is 59.3 Å². The van der Waals surface area contributed by atoms with Gasteiger partial charge in [-0.05, 0) is 25.2 Å². The highest BCUT2D eigenvalue weighted by molar-refractivity contribution is 5.83. The van der Waals surface area contributed by atoms with Crippen LogP contribution in [0.25, 0.3) is 0 Å². The molecular formula is C18H29N3O10. The lowest BCUT2D eigenvalue weighted by atomic mass is 9.72. The van der Waals surface area contributed by atoms with Gasteiger partial charge in [0.05, 0.1) is 6.42 Å². The normalized spacial score (nSPS) is 17.9. The van der Waals surface area contributed by atoms with E-state index >= 15 is 0 Å². The summed E-state index contributed by atoms with van der Waals surface area (Å²) in [6.45, 7) is 3.63. The summed E-state index contributed by atoms with van der Waals surface area (Å²) in [6, 6.07) is -1.50. The van der Waals surface area contributed by atoms with Crippen LogP contribution in [0, 0.1) is 15.5 Å². The topological polar surface area (TPSA) is 183 Å². The van der Waals surface area contributed by atoms with Gasteiger partial charge in [0.15, 0.2) is 6.04 Å². The first-order chi connectivity index (χ1) is 14.4. The third-order valence-electron chi connectivity index (χ3n) is 4.94. The monoisotopic (exact) mass is 447 g/mol. The highest BCUT2D eigenvalue weighted by Crippen LogP contribution is 2.38. The highest BCUT2D eigenvalue weighted by atomic mass is 17.0. The molecule has 0 saturated heterocycles. The van der Waals surface area contributed by atoms with Crippen LogP contribution in [0.4, 0.5) is 4.79 Å². The van der Waals surface area contributed by atoms with E-state index in [0.29, 0.717) is 12.8 Å². The molecule has 0 spiro atoms. The second-order valence-electron chi connectivity index (χ2n) is 7.61. The number of hydrogen-bond acceptors (Lipinski definition) is 9. The Balaban J connectivity index is 2.61. The number of amides is 2. The predicted octanol–water partition coefficient (Wildman–Crippen LogP) is 1.13. The molecule has 2 amide bonds. The summed E-state index contributed by atoms with van der Waals surface area (Å²) in [5, 5.41) is 23.2. The lowest BCUT2D eigenvalue weighted by molar-refractivity contribution is -0.767. The third kappa shape index (κ3) is 9.49. The molecule has 0 heterocycles. The Hall–Kier alpha value is -3.12. The van der Waals surface area contributed by atoms with Crippen molar-refractivity contribution in [1.29, 1.82) is 0 Å². The molecule has 3 atom stereocenters. The fourth-order valence-electron chi connectivity index (χ4n) is 3.54. The molecule has 0 bridgehead atoms. The number of carboxylic acid groups (broad SMARTS) is 1. The van der Waals surface area contributed by atoms with E-state index in [1.165, 1.54) is 13.8 Å². The van der Waals surface area contributed by atoms with Gasteiger partial charge in [-0.1, -0.05) is 19.3 Å². The van der Waals surface area contributed by atoms with Crippen LogP contribution in [0.2, 0.25) is 0 Å². The number of esters is 1. The van der Waals surface area contributed by atoms with Crippen molar-refractivity contribution >= 4 is 23.9 Å². The number of carbonyl (C=O) groups is 4. The summed E-state index contributed by atoms with van der Waals surface area (Å²) in [4.78, 5) is 61.6. The van der Waals surface area contributed by atoms with Crippen LogP contribution in [-0.4, -0.2) is 59.1 Å². The van der Waals surface area contributed by atoms with Crippen molar-refractivity contribution < 1.29 is 43.7 Å². The molecule has 31 heavy (non-hydrogen) atoms. The van der Waals surface area contributed by atoms with E-state index in [1.807, 2.05) is 0 Å². The predicted molar refractivity (Wildman–Crippen MR) is 103 cm³/mol. The van der Waals surface area contributed by atoms with Crippen molar-refractivity contribution in [2.24, 2.45) is 5.41 Å². The number of rotatable bonds is 11. The van der Waals surface area contributed by atoms with Gasteiger partial charge in [-0.2, -0.15) is 0 Å². The lowest BCUT2D eigenvalue weighted by Gasteiger charge is -2.36. The fourth-order valence-corrected chi connectivity index (χ4v) is 3.54. The molecule has 3 unspecified atom stereocenters. The van der Waals surface area contributed by atoms with Gasteiger partial charge in [-0.25, -0.2) is 9.59 Å². The van der Waals surface area contributed by atoms with Gasteiger partial charge in [0.25, 0.3) is 5.09 Å². The van der Waals surface area contributed by atoms with Gasteiger partial charge in [0.2, 0.25) is 12.2 Å². The second kappa shape index (κ2) is 11.9. The fraction of sp³-hybridized carbons (Fsp3) is 0.778. The quantitative estimate of drug-likeness (QED) is 0.179. The van der Waals surface area contributed by atoms with E-state index in [2.05, 4.69) is 15.5 Å². The van der Waals surface area contributed by atoms with Crippen LogP contribution in [0.5, 0.6) is 0 Å². The van der Waals surface area contributed by atoms with Crippen molar-refractivity contribution in [3.8, 4) is 0 Å². The molecule has 1 rings (SSSR count). The van der Waals surface area contributed by atoms with Crippen molar-refractivity contribution in [1.82, 2.24) is 10.6 Å². The van der Waals surface area contributed by atoms with E-state index in [0.717, 1.165) is 26.2 Å². The third-order valence-corrected chi connectivity index (χ3v) is 4.94. The number of nitrogens with zero attached hydrogens (tertiary/aromatic N) is 1. The molecule has 3 N–H and O–H groups in total. The van der Waals surface area contributed by atoms with Crippen LogP contribution in [0.15, 0.2) is 0 Å². The summed E-state index contributed by atoms with van der Waals surface area (Å²) in [5.74, 6) is -2.70. The smallest absolute Gasteiger partial charge is 0.410 e. The summed E-state index contributed by atoms with van der Waals surface area (Å²) in [7, 11) is 0. The maximum absolute atomic E-state index is 12.3. The molecule has 13 heteroatoms. The van der Waals surface area contributed by atoms with Crippen LogP contribution in [-0.2, 0) is 28.7 Å². The SMILES string of the molecule is CC(=O)NC(C(=O)OC(C)OC(=O)NCC1(CC(=O)O)CCCCC1)C(C)O[N+](=O)[O-]. The van der Waals surface area contributed by atoms with E-state index in [-0.39, 0.29) is 13.0 Å². The number of alkyl carbamates (subject to hydrolysis) is 1. The summed E-state index contributed by atoms with van der Waals surface area (Å²) < 4.78 is 9.88. The Morgan fingerprint density at radius 3 is 2.26 bits per heavy atom. The minimum atomic E-state index is -1.50. The Morgan fingerprint density at radius 1 is 1.13 bits per heavy atom. The minimum absolute atomic E-state index is 0.0788. The molecule has 0 aromatic heterocycles. The highest BCUT2D eigenvalue weighted by Gasteiger charge is 2.35. The average molecular weight is 447 g/mol. The Labute approximate surface area is 178 Å². The lowest BCUT2D eigenvalue weighted by Crippen LogP contribution is -2.50. The van der Waals surface area contributed by atoms with Gasteiger partial charge >= 0.3 is 18.0 Å². The Kier molecular flexibility index (Phi) is 9.96. The standard InChI is InChI=1S/C18H29N3O10/c1-11(31-21(27)28)15(20-12(2)22)16(25)29-13(3)30-17(26)19-10-18(9-14(23)24)7-5-4-6-8-18/h11,13,15H,4-10H2,1-3H3,(H,19,26)(H,20,22)(H,23,24). The molecule has 176 valence electrons. The van der Waals surface area contributed by atoms with Crippen molar-refractivity contribution in [3.63, 3.8) is 0 Å². The van der Waals surface area contributed by atoms with E-state index in [9.17, 15) is 34.4 Å². The number of hydrogen-bond donors (Lipinski definition) is 3.